The van der Waals surface area contributed by atoms with Crippen molar-refractivity contribution in [2.75, 3.05) is 40.4 Å². The maximum atomic E-state index is 12.3. The molecule has 0 aromatic heterocycles. The fourth-order valence-corrected chi connectivity index (χ4v) is 2.94. The summed E-state index contributed by atoms with van der Waals surface area (Å²) >= 11 is 0. The number of carboxylic acids is 1. The van der Waals surface area contributed by atoms with E-state index in [9.17, 15) is 14.7 Å². The highest BCUT2D eigenvalue weighted by atomic mass is 16.5. The number of ether oxygens (including phenoxy) is 4. The van der Waals surface area contributed by atoms with Crippen molar-refractivity contribution in [2.45, 2.75) is 12.5 Å². The number of anilines is 1. The van der Waals surface area contributed by atoms with E-state index >= 15 is 0 Å². The highest BCUT2D eigenvalue weighted by molar-refractivity contribution is 6.21. The number of carbonyl (C=O) groups excluding carboxylic acids is 1. The Morgan fingerprint density at radius 3 is 2.12 bits per heavy atom. The predicted molar refractivity (Wildman–Crippen MR) is 90.5 cm³/mol. The zero-order chi connectivity index (χ0) is 18.9. The summed E-state index contributed by atoms with van der Waals surface area (Å²) in [6, 6.07) is 1.60. The van der Waals surface area contributed by atoms with Gasteiger partial charge in [-0.1, -0.05) is 0 Å². The Hall–Kier alpha value is -2.90. The van der Waals surface area contributed by atoms with E-state index in [4.69, 9.17) is 18.9 Å². The molecule has 1 heterocycles. The van der Waals surface area contributed by atoms with E-state index < -0.39 is 17.5 Å². The van der Waals surface area contributed by atoms with Crippen LogP contribution >= 0.6 is 0 Å². The first-order chi connectivity index (χ1) is 11.8. The third-order valence-electron chi connectivity index (χ3n) is 4.39. The number of benzene rings is 1. The second-order valence-electron chi connectivity index (χ2n) is 5.60. The molecule has 0 saturated heterocycles. The minimum atomic E-state index is -1.31. The quantitative estimate of drug-likeness (QED) is 0.799. The first kappa shape index (κ1) is 18.4. The van der Waals surface area contributed by atoms with Gasteiger partial charge in [0.05, 0.1) is 45.3 Å². The Balaban J connectivity index is 2.91. The molecule has 1 atom stereocenters. The third kappa shape index (κ3) is 2.63. The van der Waals surface area contributed by atoms with Crippen molar-refractivity contribution in [3.8, 4) is 17.2 Å². The van der Waals surface area contributed by atoms with Gasteiger partial charge >= 0.3 is 11.9 Å². The molecule has 0 bridgehead atoms. The van der Waals surface area contributed by atoms with Crippen LogP contribution in [0.3, 0.4) is 0 Å². The van der Waals surface area contributed by atoms with Gasteiger partial charge in [-0.25, -0.2) is 9.59 Å². The Morgan fingerprint density at radius 2 is 1.68 bits per heavy atom. The molecule has 0 radical (unpaired) electrons. The second-order valence-corrected chi connectivity index (χ2v) is 5.60. The summed E-state index contributed by atoms with van der Waals surface area (Å²) in [5, 5.41) is 9.70. The summed E-state index contributed by atoms with van der Waals surface area (Å²) in [6.07, 6.45) is 1.35. The summed E-state index contributed by atoms with van der Waals surface area (Å²) in [4.78, 5) is 25.8. The minimum Gasteiger partial charge on any atom is -0.493 e. The van der Waals surface area contributed by atoms with Gasteiger partial charge < -0.3 is 29.0 Å². The first-order valence-corrected chi connectivity index (χ1v) is 7.38. The topological polar surface area (TPSA) is 94.5 Å². The molecule has 8 heteroatoms. The number of methoxy groups -OCH3 is 4. The van der Waals surface area contributed by atoms with Gasteiger partial charge in [0.15, 0.2) is 17.0 Å². The average Bonchev–Trinajstić information content (AvgIpc) is 2.61. The number of aliphatic carboxylic acids is 1. The number of carbonyl (C=O) groups is 2. The Bertz CT molecular complexity index is 756. The van der Waals surface area contributed by atoms with Crippen molar-refractivity contribution in [2.24, 2.45) is 0 Å². The van der Waals surface area contributed by atoms with Crippen LogP contribution in [-0.4, -0.2) is 58.1 Å². The zero-order valence-electron chi connectivity index (χ0n) is 15.0. The number of carboxylic acid groups (broad SMARTS) is 1. The number of nitrogens with zero attached hydrogens (tertiary/aromatic N) is 1. The van der Waals surface area contributed by atoms with Gasteiger partial charge in [-0.15, -0.1) is 0 Å². The molecule has 0 fully saturated rings. The van der Waals surface area contributed by atoms with Crippen LogP contribution in [0.25, 0.3) is 5.57 Å². The largest absolute Gasteiger partial charge is 0.493 e. The maximum absolute atomic E-state index is 12.3. The molecule has 0 aliphatic carbocycles. The SMILES string of the molecule is COC(=O)C1(C)C=C(C(=O)O)c2c(cc(OC)c(OC)c2OC)N1C. The molecule has 1 aromatic carbocycles. The minimum absolute atomic E-state index is 0.0844. The van der Waals surface area contributed by atoms with Gasteiger partial charge in [0.1, 0.15) is 0 Å². The van der Waals surface area contributed by atoms with E-state index in [-0.39, 0.29) is 17.1 Å². The van der Waals surface area contributed by atoms with Crippen LogP contribution in [0.1, 0.15) is 12.5 Å². The fourth-order valence-electron chi connectivity index (χ4n) is 2.94. The molecule has 1 aromatic rings. The molecule has 25 heavy (non-hydrogen) atoms. The van der Waals surface area contributed by atoms with Crippen LogP contribution in [0.15, 0.2) is 12.1 Å². The van der Waals surface area contributed by atoms with Crippen molar-refractivity contribution in [1.82, 2.24) is 0 Å². The number of esters is 1. The molecule has 8 nitrogen and oxygen atoms in total. The summed E-state index contributed by atoms with van der Waals surface area (Å²) in [6.45, 7) is 1.58. The molecule has 0 spiro atoms. The lowest BCUT2D eigenvalue weighted by molar-refractivity contribution is -0.144. The molecule has 136 valence electrons. The lowest BCUT2D eigenvalue weighted by Gasteiger charge is -2.41. The number of rotatable bonds is 5. The standard InChI is InChI=1S/C17H21NO7/c1-17(16(21)25-6)8-9(15(19)20)12-10(18(17)2)7-11(22-3)13(23-4)14(12)24-5/h7-8H,1-6H3,(H,19,20). The lowest BCUT2D eigenvalue weighted by atomic mass is 9.86. The van der Waals surface area contributed by atoms with Crippen molar-refractivity contribution in [3.05, 3.63) is 17.7 Å². The second kappa shape index (κ2) is 6.54. The molecular weight excluding hydrogens is 330 g/mol. The highest BCUT2D eigenvalue weighted by Gasteiger charge is 2.45. The maximum Gasteiger partial charge on any atom is 0.336 e. The van der Waals surface area contributed by atoms with Crippen molar-refractivity contribution in [1.29, 1.82) is 0 Å². The van der Waals surface area contributed by atoms with Gasteiger partial charge in [-0.3, -0.25) is 0 Å². The summed E-state index contributed by atoms with van der Waals surface area (Å²) in [7, 11) is 7.21. The van der Waals surface area contributed by atoms with Crippen LogP contribution in [0.5, 0.6) is 17.2 Å². The molecule has 1 aliphatic rings. The highest BCUT2D eigenvalue weighted by Crippen LogP contribution is 2.51. The summed E-state index contributed by atoms with van der Waals surface area (Å²) in [5.41, 5.74) is -0.641. The van der Waals surface area contributed by atoms with E-state index in [1.54, 1.807) is 24.9 Å². The van der Waals surface area contributed by atoms with E-state index in [0.717, 1.165) is 0 Å². The van der Waals surface area contributed by atoms with E-state index in [1.165, 1.54) is 34.5 Å². The number of likely N-dealkylation sites (N-methyl/N-ethyl adjacent to an activating group) is 1. The van der Waals surface area contributed by atoms with Gasteiger partial charge in [0.2, 0.25) is 5.75 Å². The smallest absolute Gasteiger partial charge is 0.336 e. The lowest BCUT2D eigenvalue weighted by Crippen LogP contribution is -2.52. The monoisotopic (exact) mass is 351 g/mol. The van der Waals surface area contributed by atoms with Crippen LogP contribution in [0.4, 0.5) is 5.69 Å². The molecule has 1 N–H and O–H groups in total. The fraction of sp³-hybridized carbons (Fsp3) is 0.412. The van der Waals surface area contributed by atoms with Crippen LogP contribution in [0, 0.1) is 0 Å². The van der Waals surface area contributed by atoms with Crippen LogP contribution in [-0.2, 0) is 14.3 Å². The molecule has 1 aliphatic heterocycles. The Labute approximate surface area is 145 Å². The average molecular weight is 351 g/mol. The molecule has 1 unspecified atom stereocenters. The third-order valence-corrected chi connectivity index (χ3v) is 4.39. The van der Waals surface area contributed by atoms with E-state index in [1.807, 2.05) is 0 Å². The van der Waals surface area contributed by atoms with E-state index in [2.05, 4.69) is 0 Å². The van der Waals surface area contributed by atoms with Gasteiger partial charge in [-0.05, 0) is 13.0 Å². The van der Waals surface area contributed by atoms with Gasteiger partial charge in [-0.2, -0.15) is 0 Å². The van der Waals surface area contributed by atoms with Crippen LogP contribution in [0.2, 0.25) is 0 Å². The Morgan fingerprint density at radius 1 is 1.08 bits per heavy atom. The summed E-state index contributed by atoms with van der Waals surface area (Å²) < 4.78 is 20.9. The molecule has 2 rings (SSSR count). The van der Waals surface area contributed by atoms with Gasteiger partial charge in [0, 0.05) is 13.1 Å². The molecular formula is C17H21NO7. The number of hydrogen-bond donors (Lipinski definition) is 1. The number of fused-ring (bicyclic) bond motifs is 1. The van der Waals surface area contributed by atoms with E-state index in [0.29, 0.717) is 17.0 Å². The van der Waals surface area contributed by atoms with Gasteiger partial charge in [0.25, 0.3) is 0 Å². The van der Waals surface area contributed by atoms with Crippen molar-refractivity contribution >= 4 is 23.2 Å². The first-order valence-electron chi connectivity index (χ1n) is 7.38. The molecule has 0 amide bonds. The zero-order valence-corrected chi connectivity index (χ0v) is 15.0. The Kier molecular flexibility index (Phi) is 4.82. The van der Waals surface area contributed by atoms with Crippen molar-refractivity contribution in [3.63, 3.8) is 0 Å². The van der Waals surface area contributed by atoms with Crippen LogP contribution < -0.4 is 19.1 Å². The normalized spacial score (nSPS) is 18.8. The number of hydrogen-bond acceptors (Lipinski definition) is 7. The summed E-state index contributed by atoms with van der Waals surface area (Å²) in [5.74, 6) is -0.956. The molecule has 0 saturated carbocycles. The predicted octanol–water partition coefficient (Wildman–Crippen LogP) is 1.56. The van der Waals surface area contributed by atoms with Crippen molar-refractivity contribution < 1.29 is 33.6 Å².